The molecule has 3 aromatic rings. The van der Waals surface area contributed by atoms with Crippen LogP contribution in [0.25, 0.3) is 10.2 Å². The number of anilines is 2. The van der Waals surface area contributed by atoms with Gasteiger partial charge in [-0.05, 0) is 55.0 Å². The van der Waals surface area contributed by atoms with E-state index in [-0.39, 0.29) is 17.9 Å². The summed E-state index contributed by atoms with van der Waals surface area (Å²) >= 11 is 1.40. The minimum Gasteiger partial charge on any atom is -0.497 e. The smallest absolute Gasteiger partial charge is 0.272 e. The molecule has 1 fully saturated rings. The number of benzene rings is 1. The van der Waals surface area contributed by atoms with Gasteiger partial charge in [0.1, 0.15) is 10.4 Å². The van der Waals surface area contributed by atoms with Gasteiger partial charge in [-0.25, -0.2) is 4.98 Å². The summed E-state index contributed by atoms with van der Waals surface area (Å²) in [6.45, 7) is 2.08. The maximum absolute atomic E-state index is 13.1. The Kier molecular flexibility index (Phi) is 5.80. The van der Waals surface area contributed by atoms with Crippen LogP contribution in [0, 0.1) is 0 Å². The minimum absolute atomic E-state index is 0.0668. The number of ether oxygens (including phenoxy) is 1. The molecule has 29 heavy (non-hydrogen) atoms. The summed E-state index contributed by atoms with van der Waals surface area (Å²) in [6, 6.07) is 9.06. The highest BCUT2D eigenvalue weighted by molar-refractivity contribution is 7.17. The van der Waals surface area contributed by atoms with Crippen molar-refractivity contribution >= 4 is 39.1 Å². The fourth-order valence-electron chi connectivity index (χ4n) is 3.58. The third-order valence-electron chi connectivity index (χ3n) is 5.12. The van der Waals surface area contributed by atoms with E-state index in [1.54, 1.807) is 35.9 Å². The molecule has 8 heteroatoms. The number of methoxy groups -OCH3 is 1. The Labute approximate surface area is 172 Å². The average molecular weight is 413 g/mol. The van der Waals surface area contributed by atoms with Crippen molar-refractivity contribution in [2.75, 3.05) is 30.4 Å². The van der Waals surface area contributed by atoms with E-state index >= 15 is 0 Å². The quantitative estimate of drug-likeness (QED) is 0.671. The van der Waals surface area contributed by atoms with Crippen LogP contribution in [-0.4, -0.2) is 35.7 Å². The normalized spacial score (nSPS) is 14.2. The molecule has 152 valence electrons. The Hall–Kier alpha value is -2.87. The van der Waals surface area contributed by atoms with Gasteiger partial charge in [0.15, 0.2) is 0 Å². The van der Waals surface area contributed by atoms with Crippen LogP contribution in [-0.2, 0) is 11.3 Å². The molecule has 1 N–H and O–H groups in total. The van der Waals surface area contributed by atoms with Gasteiger partial charge in [0.2, 0.25) is 11.9 Å². The molecule has 0 radical (unpaired) electrons. The first kappa shape index (κ1) is 19.4. The van der Waals surface area contributed by atoms with Crippen LogP contribution in [0.1, 0.15) is 25.7 Å². The van der Waals surface area contributed by atoms with E-state index in [1.807, 2.05) is 11.4 Å². The number of thiophene rings is 1. The van der Waals surface area contributed by atoms with E-state index in [0.29, 0.717) is 22.9 Å². The Morgan fingerprint density at radius 3 is 2.66 bits per heavy atom. The van der Waals surface area contributed by atoms with Crippen molar-refractivity contribution in [2.45, 2.75) is 32.2 Å². The summed E-state index contributed by atoms with van der Waals surface area (Å²) < 4.78 is 7.44. The zero-order chi connectivity index (χ0) is 20.2. The highest BCUT2D eigenvalue weighted by Gasteiger charge is 2.20. The Bertz CT molecular complexity index is 1050. The number of aromatic nitrogens is 2. The molecule has 0 unspecified atom stereocenters. The van der Waals surface area contributed by atoms with Crippen LogP contribution in [0.2, 0.25) is 0 Å². The van der Waals surface area contributed by atoms with E-state index < -0.39 is 0 Å². The zero-order valence-electron chi connectivity index (χ0n) is 16.4. The first-order chi connectivity index (χ1) is 14.2. The van der Waals surface area contributed by atoms with Gasteiger partial charge < -0.3 is 15.0 Å². The molecule has 0 bridgehead atoms. The molecular weight excluding hydrogens is 388 g/mol. The van der Waals surface area contributed by atoms with Crippen molar-refractivity contribution in [1.29, 1.82) is 0 Å². The second-order valence-corrected chi connectivity index (χ2v) is 7.99. The number of hydrogen-bond acceptors (Lipinski definition) is 6. The van der Waals surface area contributed by atoms with Gasteiger partial charge in [0.25, 0.3) is 5.56 Å². The van der Waals surface area contributed by atoms with Gasteiger partial charge in [-0.1, -0.05) is 0 Å². The fourth-order valence-corrected chi connectivity index (χ4v) is 4.36. The number of nitrogens with zero attached hydrogens (tertiary/aromatic N) is 3. The number of carbonyl (C=O) groups excluding carboxylic acids is 1. The van der Waals surface area contributed by atoms with E-state index in [9.17, 15) is 9.59 Å². The SMILES string of the molecule is COc1ccc(NC(=O)CCn2c(N3CCCCC3)nc3ccsc3c2=O)cc1. The van der Waals surface area contributed by atoms with Crippen LogP contribution < -0.4 is 20.5 Å². The predicted molar refractivity (Wildman–Crippen MR) is 116 cm³/mol. The summed E-state index contributed by atoms with van der Waals surface area (Å²) in [5.74, 6) is 1.27. The van der Waals surface area contributed by atoms with E-state index in [1.165, 1.54) is 17.8 Å². The van der Waals surface area contributed by atoms with Crippen molar-refractivity contribution in [1.82, 2.24) is 9.55 Å². The molecule has 1 aromatic carbocycles. The number of carbonyl (C=O) groups is 1. The molecule has 3 heterocycles. The molecule has 0 saturated carbocycles. The van der Waals surface area contributed by atoms with Gasteiger partial charge >= 0.3 is 0 Å². The molecule has 1 aliphatic rings. The average Bonchev–Trinajstić information content (AvgIpc) is 3.23. The van der Waals surface area contributed by atoms with Crippen LogP contribution >= 0.6 is 11.3 Å². The zero-order valence-corrected chi connectivity index (χ0v) is 17.2. The van der Waals surface area contributed by atoms with Crippen LogP contribution in [0.15, 0.2) is 40.5 Å². The van der Waals surface area contributed by atoms with Gasteiger partial charge in [-0.3, -0.25) is 14.2 Å². The molecule has 0 spiro atoms. The lowest BCUT2D eigenvalue weighted by molar-refractivity contribution is -0.116. The summed E-state index contributed by atoms with van der Waals surface area (Å²) in [5.41, 5.74) is 1.37. The highest BCUT2D eigenvalue weighted by Crippen LogP contribution is 2.22. The standard InChI is InChI=1S/C21H24N4O3S/c1-28-16-7-5-15(6-8-16)22-18(26)9-13-25-20(27)19-17(10-14-29-19)23-21(25)24-11-3-2-4-12-24/h5-8,10,14H,2-4,9,11-13H2,1H3,(H,22,26). The lowest BCUT2D eigenvalue weighted by atomic mass is 10.1. The van der Waals surface area contributed by atoms with Crippen LogP contribution in [0.3, 0.4) is 0 Å². The van der Waals surface area contributed by atoms with Crippen molar-refractivity contribution in [2.24, 2.45) is 0 Å². The number of piperidine rings is 1. The Balaban J connectivity index is 1.53. The van der Waals surface area contributed by atoms with Gasteiger partial charge in [0.05, 0.1) is 12.6 Å². The van der Waals surface area contributed by atoms with Crippen molar-refractivity contribution in [3.8, 4) is 5.75 Å². The fraction of sp³-hybridized carbons (Fsp3) is 0.381. The molecule has 0 aliphatic carbocycles. The van der Waals surface area contributed by atoms with E-state index in [4.69, 9.17) is 9.72 Å². The van der Waals surface area contributed by atoms with Gasteiger partial charge in [-0.15, -0.1) is 11.3 Å². The molecule has 1 saturated heterocycles. The maximum atomic E-state index is 13.1. The van der Waals surface area contributed by atoms with Crippen molar-refractivity contribution in [3.63, 3.8) is 0 Å². The molecular formula is C21H24N4O3S. The second-order valence-electron chi connectivity index (χ2n) is 7.08. The molecule has 7 nitrogen and oxygen atoms in total. The third kappa shape index (κ3) is 4.27. The van der Waals surface area contributed by atoms with Crippen LogP contribution in [0.5, 0.6) is 5.75 Å². The lowest BCUT2D eigenvalue weighted by Crippen LogP contribution is -2.36. The molecule has 2 aromatic heterocycles. The monoisotopic (exact) mass is 412 g/mol. The van der Waals surface area contributed by atoms with Crippen molar-refractivity contribution in [3.05, 3.63) is 46.1 Å². The molecule has 1 amide bonds. The highest BCUT2D eigenvalue weighted by atomic mass is 32.1. The summed E-state index contributed by atoms with van der Waals surface area (Å²) in [4.78, 5) is 32.4. The molecule has 0 atom stereocenters. The number of rotatable bonds is 6. The minimum atomic E-state index is -0.141. The first-order valence-corrected chi connectivity index (χ1v) is 10.7. The largest absolute Gasteiger partial charge is 0.497 e. The topological polar surface area (TPSA) is 76.5 Å². The van der Waals surface area contributed by atoms with Crippen LogP contribution in [0.4, 0.5) is 11.6 Å². The van der Waals surface area contributed by atoms with E-state index in [2.05, 4.69) is 10.2 Å². The maximum Gasteiger partial charge on any atom is 0.272 e. The molecule has 1 aliphatic heterocycles. The third-order valence-corrected chi connectivity index (χ3v) is 6.01. The first-order valence-electron chi connectivity index (χ1n) is 9.82. The number of hydrogen-bond donors (Lipinski definition) is 1. The predicted octanol–water partition coefficient (Wildman–Crippen LogP) is 3.49. The summed E-state index contributed by atoms with van der Waals surface area (Å²) in [5, 5.41) is 4.76. The number of amides is 1. The van der Waals surface area contributed by atoms with Gasteiger partial charge in [-0.2, -0.15) is 0 Å². The van der Waals surface area contributed by atoms with Crippen molar-refractivity contribution < 1.29 is 9.53 Å². The number of fused-ring (bicyclic) bond motifs is 1. The Morgan fingerprint density at radius 1 is 1.17 bits per heavy atom. The lowest BCUT2D eigenvalue weighted by Gasteiger charge is -2.29. The molecule has 4 rings (SSSR count). The van der Waals surface area contributed by atoms with E-state index in [0.717, 1.165) is 37.2 Å². The number of nitrogens with one attached hydrogen (secondary N) is 1. The second kappa shape index (κ2) is 8.65. The van der Waals surface area contributed by atoms with Gasteiger partial charge in [0, 0.05) is 31.7 Å². The Morgan fingerprint density at radius 2 is 1.93 bits per heavy atom. The summed E-state index contributed by atoms with van der Waals surface area (Å²) in [6.07, 6.45) is 3.59. The summed E-state index contributed by atoms with van der Waals surface area (Å²) in [7, 11) is 1.60.